The molecule has 0 saturated carbocycles. The van der Waals surface area contributed by atoms with Crippen molar-refractivity contribution in [2.45, 2.75) is 12.8 Å². The van der Waals surface area contributed by atoms with Gasteiger partial charge in [0.25, 0.3) is 0 Å². The van der Waals surface area contributed by atoms with Crippen LogP contribution in [0.5, 0.6) is 5.75 Å². The Labute approximate surface area is 96.6 Å². The van der Waals surface area contributed by atoms with Crippen LogP contribution in [0.2, 0.25) is 0 Å². The summed E-state index contributed by atoms with van der Waals surface area (Å²) >= 11 is 0. The number of rotatable bonds is 4. The van der Waals surface area contributed by atoms with E-state index in [9.17, 15) is 0 Å². The zero-order valence-electron chi connectivity index (χ0n) is 9.72. The molecule has 0 amide bonds. The molecule has 3 nitrogen and oxygen atoms in total. The van der Waals surface area contributed by atoms with E-state index in [-0.39, 0.29) is 0 Å². The summed E-state index contributed by atoms with van der Waals surface area (Å²) in [6, 6.07) is 8.18. The maximum atomic E-state index is 8.92. The summed E-state index contributed by atoms with van der Waals surface area (Å²) in [5, 5.41) is 8.92. The van der Waals surface area contributed by atoms with Crippen LogP contribution < -0.4 is 9.64 Å². The van der Waals surface area contributed by atoms with Crippen LogP contribution in [0.3, 0.4) is 0 Å². The summed E-state index contributed by atoms with van der Waals surface area (Å²) in [7, 11) is 1.68. The van der Waals surface area contributed by atoms with E-state index in [4.69, 9.17) is 9.84 Å². The summed E-state index contributed by atoms with van der Waals surface area (Å²) in [6.07, 6.45) is 2.11. The molecule has 1 N–H and O–H groups in total. The molecule has 1 aliphatic heterocycles. The first kappa shape index (κ1) is 11.3. The molecule has 1 heterocycles. The van der Waals surface area contributed by atoms with Crippen molar-refractivity contribution >= 4 is 5.69 Å². The number of benzene rings is 1. The molecule has 1 aromatic rings. The minimum Gasteiger partial charge on any atom is -0.497 e. The van der Waals surface area contributed by atoms with Gasteiger partial charge in [-0.05, 0) is 43.0 Å². The van der Waals surface area contributed by atoms with Gasteiger partial charge < -0.3 is 14.7 Å². The monoisotopic (exact) mass is 221 g/mol. The van der Waals surface area contributed by atoms with Gasteiger partial charge in [0, 0.05) is 25.4 Å². The van der Waals surface area contributed by atoms with E-state index >= 15 is 0 Å². The van der Waals surface area contributed by atoms with Crippen molar-refractivity contribution < 1.29 is 9.84 Å². The molecule has 1 aliphatic rings. The quantitative estimate of drug-likeness (QED) is 0.843. The summed E-state index contributed by atoms with van der Waals surface area (Å²) in [5.74, 6) is 1.54. The first-order valence-electron chi connectivity index (χ1n) is 5.83. The van der Waals surface area contributed by atoms with E-state index in [2.05, 4.69) is 17.0 Å². The number of nitrogens with zero attached hydrogens (tertiary/aromatic N) is 1. The number of ether oxygens (including phenoxy) is 1. The zero-order valence-corrected chi connectivity index (χ0v) is 9.72. The number of aliphatic hydroxyl groups is 1. The first-order chi connectivity index (χ1) is 7.83. The molecule has 0 spiro atoms. The van der Waals surface area contributed by atoms with Gasteiger partial charge in [-0.2, -0.15) is 0 Å². The van der Waals surface area contributed by atoms with Crippen molar-refractivity contribution in [1.29, 1.82) is 0 Å². The van der Waals surface area contributed by atoms with Gasteiger partial charge in [-0.3, -0.25) is 0 Å². The predicted octanol–water partition coefficient (Wildman–Crippen LogP) is 1.90. The van der Waals surface area contributed by atoms with Gasteiger partial charge in [-0.15, -0.1) is 0 Å². The van der Waals surface area contributed by atoms with E-state index in [0.717, 1.165) is 25.3 Å². The van der Waals surface area contributed by atoms with E-state index in [0.29, 0.717) is 12.5 Å². The highest BCUT2D eigenvalue weighted by Gasteiger charge is 2.21. The van der Waals surface area contributed by atoms with Crippen molar-refractivity contribution in [2.24, 2.45) is 5.92 Å². The molecule has 1 fully saturated rings. The molecule has 16 heavy (non-hydrogen) atoms. The van der Waals surface area contributed by atoms with Gasteiger partial charge in [0.05, 0.1) is 7.11 Å². The average Bonchev–Trinajstić information content (AvgIpc) is 2.78. The van der Waals surface area contributed by atoms with Crippen LogP contribution in [0.25, 0.3) is 0 Å². The lowest BCUT2D eigenvalue weighted by molar-refractivity contribution is 0.263. The van der Waals surface area contributed by atoms with E-state index in [1.807, 2.05) is 12.1 Å². The van der Waals surface area contributed by atoms with Gasteiger partial charge in [-0.1, -0.05) is 0 Å². The van der Waals surface area contributed by atoms with E-state index < -0.39 is 0 Å². The Kier molecular flexibility index (Phi) is 3.67. The Bertz CT molecular complexity index is 323. The lowest BCUT2D eigenvalue weighted by atomic mass is 10.1. The molecular weight excluding hydrogens is 202 g/mol. The molecule has 1 aromatic carbocycles. The topological polar surface area (TPSA) is 32.7 Å². The van der Waals surface area contributed by atoms with Gasteiger partial charge in [-0.25, -0.2) is 0 Å². The summed E-state index contributed by atoms with van der Waals surface area (Å²) < 4.78 is 5.14. The Morgan fingerprint density at radius 2 is 2.12 bits per heavy atom. The molecule has 0 aliphatic carbocycles. The lowest BCUT2D eigenvalue weighted by Crippen LogP contribution is -2.19. The summed E-state index contributed by atoms with van der Waals surface area (Å²) in [5.41, 5.74) is 1.25. The molecule has 1 saturated heterocycles. The molecule has 0 bridgehead atoms. The van der Waals surface area contributed by atoms with E-state index in [1.165, 1.54) is 12.1 Å². The Morgan fingerprint density at radius 1 is 1.38 bits per heavy atom. The van der Waals surface area contributed by atoms with Crippen molar-refractivity contribution in [3.05, 3.63) is 24.3 Å². The third-order valence-electron chi connectivity index (χ3n) is 3.26. The molecule has 1 atom stereocenters. The Balaban J connectivity index is 1.97. The van der Waals surface area contributed by atoms with Crippen LogP contribution in [0.1, 0.15) is 12.8 Å². The third kappa shape index (κ3) is 2.47. The largest absolute Gasteiger partial charge is 0.497 e. The van der Waals surface area contributed by atoms with Gasteiger partial charge >= 0.3 is 0 Å². The van der Waals surface area contributed by atoms with Crippen LogP contribution in [-0.4, -0.2) is 31.9 Å². The molecule has 2 rings (SSSR count). The molecule has 88 valence electrons. The summed E-state index contributed by atoms with van der Waals surface area (Å²) in [4.78, 5) is 2.37. The van der Waals surface area contributed by atoms with Crippen LogP contribution >= 0.6 is 0 Å². The minimum absolute atomic E-state index is 0.307. The minimum atomic E-state index is 0.307. The van der Waals surface area contributed by atoms with Crippen molar-refractivity contribution in [3.63, 3.8) is 0 Å². The maximum Gasteiger partial charge on any atom is 0.119 e. The molecule has 1 unspecified atom stereocenters. The average molecular weight is 221 g/mol. The second kappa shape index (κ2) is 5.21. The summed E-state index contributed by atoms with van der Waals surface area (Å²) in [6.45, 7) is 2.46. The van der Waals surface area contributed by atoms with Gasteiger partial charge in [0.1, 0.15) is 5.75 Å². The van der Waals surface area contributed by atoms with Gasteiger partial charge in [0.2, 0.25) is 0 Å². The molecule has 3 heteroatoms. The lowest BCUT2D eigenvalue weighted by Gasteiger charge is -2.18. The van der Waals surface area contributed by atoms with Crippen LogP contribution in [-0.2, 0) is 0 Å². The van der Waals surface area contributed by atoms with Gasteiger partial charge in [0.15, 0.2) is 0 Å². The highest BCUT2D eigenvalue weighted by Crippen LogP contribution is 2.26. The third-order valence-corrected chi connectivity index (χ3v) is 3.26. The maximum absolute atomic E-state index is 8.92. The fourth-order valence-electron chi connectivity index (χ4n) is 2.28. The molecule has 0 radical (unpaired) electrons. The Hall–Kier alpha value is -1.22. The molecule has 0 aromatic heterocycles. The second-order valence-corrected chi connectivity index (χ2v) is 4.31. The second-order valence-electron chi connectivity index (χ2n) is 4.31. The fourth-order valence-corrected chi connectivity index (χ4v) is 2.28. The van der Waals surface area contributed by atoms with Crippen LogP contribution in [0.15, 0.2) is 24.3 Å². The Morgan fingerprint density at radius 3 is 2.75 bits per heavy atom. The number of aliphatic hydroxyl groups excluding tert-OH is 1. The molecular formula is C13H19NO2. The normalized spacial score (nSPS) is 20.1. The number of anilines is 1. The zero-order chi connectivity index (χ0) is 11.4. The van der Waals surface area contributed by atoms with Crippen LogP contribution in [0, 0.1) is 5.92 Å². The highest BCUT2D eigenvalue weighted by atomic mass is 16.5. The van der Waals surface area contributed by atoms with Crippen LogP contribution in [0.4, 0.5) is 5.69 Å². The predicted molar refractivity (Wildman–Crippen MR) is 65.0 cm³/mol. The smallest absolute Gasteiger partial charge is 0.119 e. The first-order valence-corrected chi connectivity index (χ1v) is 5.83. The number of hydrogen-bond acceptors (Lipinski definition) is 3. The standard InChI is InChI=1S/C13H19NO2/c1-16-13-4-2-12(3-5-13)14-8-6-11(10-14)7-9-15/h2-5,11,15H,6-10H2,1H3. The van der Waals surface area contributed by atoms with Crippen molar-refractivity contribution in [1.82, 2.24) is 0 Å². The van der Waals surface area contributed by atoms with Crippen molar-refractivity contribution in [2.75, 3.05) is 31.7 Å². The SMILES string of the molecule is COc1ccc(N2CCC(CCO)C2)cc1. The fraction of sp³-hybridized carbons (Fsp3) is 0.538. The highest BCUT2D eigenvalue weighted by molar-refractivity contribution is 5.49. The van der Waals surface area contributed by atoms with E-state index in [1.54, 1.807) is 7.11 Å². The van der Waals surface area contributed by atoms with Crippen molar-refractivity contribution in [3.8, 4) is 5.75 Å². The number of hydrogen-bond donors (Lipinski definition) is 1. The number of methoxy groups -OCH3 is 1.